The number of benzene rings is 1. The van der Waals surface area contributed by atoms with Gasteiger partial charge in [0.05, 0.1) is 0 Å². The van der Waals surface area contributed by atoms with Crippen molar-refractivity contribution >= 4 is 5.69 Å². The fourth-order valence-electron chi connectivity index (χ4n) is 3.10. The molecule has 0 aromatic heterocycles. The molecule has 0 amide bonds. The number of anilines is 1. The summed E-state index contributed by atoms with van der Waals surface area (Å²) in [4.78, 5) is 2.55. The second-order valence-corrected chi connectivity index (χ2v) is 5.36. The molecule has 1 aromatic carbocycles. The maximum Gasteiger partial charge on any atom is 0.0369 e. The van der Waals surface area contributed by atoms with Gasteiger partial charge >= 0.3 is 0 Å². The number of nitrogens with one attached hydrogen (secondary N) is 1. The highest BCUT2D eigenvalue weighted by Crippen LogP contribution is 2.28. The van der Waals surface area contributed by atoms with Gasteiger partial charge in [-0.1, -0.05) is 6.07 Å². The zero-order valence-corrected chi connectivity index (χ0v) is 10.7. The minimum Gasteiger partial charge on any atom is -0.372 e. The Bertz CT molecular complexity index is 394. The van der Waals surface area contributed by atoms with Crippen LogP contribution in [0.4, 0.5) is 5.69 Å². The van der Waals surface area contributed by atoms with E-state index in [0.29, 0.717) is 6.04 Å². The molecule has 0 aliphatic carbocycles. The van der Waals surface area contributed by atoms with Crippen LogP contribution in [0.1, 0.15) is 43.4 Å². The first-order valence-electron chi connectivity index (χ1n) is 6.96. The molecule has 2 heterocycles. The first-order valence-corrected chi connectivity index (χ1v) is 6.96. The molecular weight excluding hydrogens is 208 g/mol. The molecule has 0 saturated carbocycles. The van der Waals surface area contributed by atoms with Crippen LogP contribution in [0.15, 0.2) is 18.2 Å². The average Bonchev–Trinajstić information content (AvgIpc) is 2.40. The molecule has 17 heavy (non-hydrogen) atoms. The summed E-state index contributed by atoms with van der Waals surface area (Å²) < 4.78 is 0. The topological polar surface area (TPSA) is 15.3 Å². The fraction of sp³-hybridized carbons (Fsp3) is 0.600. The molecule has 2 aliphatic rings. The maximum absolute atomic E-state index is 3.55. The summed E-state index contributed by atoms with van der Waals surface area (Å²) in [5, 5.41) is 3.55. The molecule has 1 N–H and O–H groups in total. The molecule has 1 atom stereocenters. The Morgan fingerprint density at radius 1 is 1.18 bits per heavy atom. The Labute approximate surface area is 104 Å². The van der Waals surface area contributed by atoms with Crippen LogP contribution in [-0.2, 0) is 6.42 Å². The van der Waals surface area contributed by atoms with Gasteiger partial charge in [-0.2, -0.15) is 0 Å². The normalized spacial score (nSPS) is 24.5. The predicted octanol–water partition coefficient (Wildman–Crippen LogP) is 2.88. The molecular formula is C15H22N2. The lowest BCUT2D eigenvalue weighted by Gasteiger charge is -2.31. The van der Waals surface area contributed by atoms with Crippen LogP contribution in [0.3, 0.4) is 0 Å². The van der Waals surface area contributed by atoms with E-state index in [1.807, 2.05) is 0 Å². The Kier molecular flexibility index (Phi) is 3.06. The van der Waals surface area contributed by atoms with Crippen molar-refractivity contribution in [2.45, 2.75) is 38.6 Å². The molecule has 1 saturated heterocycles. The van der Waals surface area contributed by atoms with Crippen LogP contribution >= 0.6 is 0 Å². The van der Waals surface area contributed by atoms with Crippen LogP contribution in [0.25, 0.3) is 0 Å². The fourth-order valence-corrected chi connectivity index (χ4v) is 3.10. The Balaban J connectivity index is 1.88. The first-order chi connectivity index (χ1) is 8.34. The smallest absolute Gasteiger partial charge is 0.0369 e. The van der Waals surface area contributed by atoms with Crippen molar-refractivity contribution in [3.8, 4) is 0 Å². The summed E-state index contributed by atoms with van der Waals surface area (Å²) in [6, 6.07) is 7.60. The molecule has 3 rings (SSSR count). The van der Waals surface area contributed by atoms with E-state index in [2.05, 4.69) is 35.3 Å². The van der Waals surface area contributed by atoms with E-state index < -0.39 is 0 Å². The van der Waals surface area contributed by atoms with Gasteiger partial charge in [0.1, 0.15) is 0 Å². The Hall–Kier alpha value is -1.02. The third kappa shape index (κ3) is 2.19. The van der Waals surface area contributed by atoms with Crippen molar-refractivity contribution < 1.29 is 0 Å². The van der Waals surface area contributed by atoms with Crippen molar-refractivity contribution in [2.24, 2.45) is 0 Å². The zero-order chi connectivity index (χ0) is 11.7. The van der Waals surface area contributed by atoms with E-state index in [1.165, 1.54) is 55.6 Å². The molecule has 2 aliphatic heterocycles. The molecule has 0 bridgehead atoms. The second kappa shape index (κ2) is 4.69. The van der Waals surface area contributed by atoms with Gasteiger partial charge in [0.15, 0.2) is 0 Å². The summed E-state index contributed by atoms with van der Waals surface area (Å²) in [5.41, 5.74) is 4.48. The third-order valence-electron chi connectivity index (χ3n) is 4.16. The Morgan fingerprint density at radius 2 is 2.00 bits per heavy atom. The van der Waals surface area contributed by atoms with Crippen molar-refractivity contribution in [1.82, 2.24) is 5.32 Å². The minimum atomic E-state index is 0.517. The zero-order valence-electron chi connectivity index (χ0n) is 10.7. The van der Waals surface area contributed by atoms with Crippen LogP contribution in [0.2, 0.25) is 0 Å². The van der Waals surface area contributed by atoms with Gasteiger partial charge in [-0.3, -0.25) is 0 Å². The number of rotatable bonds is 1. The van der Waals surface area contributed by atoms with E-state index >= 15 is 0 Å². The second-order valence-electron chi connectivity index (χ2n) is 5.36. The molecule has 1 aromatic rings. The van der Waals surface area contributed by atoms with Crippen LogP contribution in [-0.4, -0.2) is 19.6 Å². The molecule has 1 fully saturated rings. The summed E-state index contributed by atoms with van der Waals surface area (Å²) >= 11 is 0. The lowest BCUT2D eigenvalue weighted by molar-refractivity contribution is 0.539. The molecule has 0 spiro atoms. The van der Waals surface area contributed by atoms with Gasteiger partial charge in [0.2, 0.25) is 0 Å². The standard InChI is InChI=1S/C15H22N2/c1-12-15-11-14(17-9-3-2-4-10-17)6-5-13(15)7-8-16-12/h5-6,11-12,16H,2-4,7-10H2,1H3. The summed E-state index contributed by atoms with van der Waals surface area (Å²) in [5.74, 6) is 0. The highest BCUT2D eigenvalue weighted by Gasteiger charge is 2.18. The molecule has 0 radical (unpaired) electrons. The van der Waals surface area contributed by atoms with E-state index in [-0.39, 0.29) is 0 Å². The number of fused-ring (bicyclic) bond motifs is 1. The molecule has 2 heteroatoms. The number of hydrogen-bond acceptors (Lipinski definition) is 2. The Morgan fingerprint density at radius 3 is 2.82 bits per heavy atom. The predicted molar refractivity (Wildman–Crippen MR) is 72.6 cm³/mol. The van der Waals surface area contributed by atoms with Gasteiger partial charge < -0.3 is 10.2 Å². The summed E-state index contributed by atoms with van der Waals surface area (Å²) in [6.07, 6.45) is 5.29. The average molecular weight is 230 g/mol. The highest BCUT2D eigenvalue weighted by molar-refractivity contribution is 5.52. The molecule has 2 nitrogen and oxygen atoms in total. The lowest BCUT2D eigenvalue weighted by atomic mass is 9.94. The number of nitrogens with zero attached hydrogens (tertiary/aromatic N) is 1. The molecule has 1 unspecified atom stereocenters. The largest absolute Gasteiger partial charge is 0.372 e. The van der Waals surface area contributed by atoms with Crippen molar-refractivity contribution in [3.05, 3.63) is 29.3 Å². The lowest BCUT2D eigenvalue weighted by Crippen LogP contribution is -2.31. The van der Waals surface area contributed by atoms with Crippen LogP contribution < -0.4 is 10.2 Å². The quantitative estimate of drug-likeness (QED) is 0.798. The van der Waals surface area contributed by atoms with E-state index in [9.17, 15) is 0 Å². The maximum atomic E-state index is 3.55. The number of hydrogen-bond donors (Lipinski definition) is 1. The van der Waals surface area contributed by atoms with Crippen LogP contribution in [0.5, 0.6) is 0 Å². The van der Waals surface area contributed by atoms with Crippen molar-refractivity contribution in [2.75, 3.05) is 24.5 Å². The first kappa shape index (κ1) is 11.1. The van der Waals surface area contributed by atoms with Crippen LogP contribution in [0, 0.1) is 0 Å². The van der Waals surface area contributed by atoms with Gasteiger partial charge in [-0.15, -0.1) is 0 Å². The van der Waals surface area contributed by atoms with Gasteiger partial charge in [0, 0.05) is 24.8 Å². The summed E-state index contributed by atoms with van der Waals surface area (Å²) in [6.45, 7) is 5.87. The van der Waals surface area contributed by atoms with E-state index in [0.717, 1.165) is 6.54 Å². The molecule has 92 valence electrons. The SMILES string of the molecule is CC1NCCc2ccc(N3CCCCC3)cc21. The summed E-state index contributed by atoms with van der Waals surface area (Å²) in [7, 11) is 0. The van der Waals surface area contributed by atoms with E-state index in [1.54, 1.807) is 0 Å². The number of piperidine rings is 1. The van der Waals surface area contributed by atoms with E-state index in [4.69, 9.17) is 0 Å². The van der Waals surface area contributed by atoms with Gasteiger partial charge in [-0.05, 0) is 62.4 Å². The minimum absolute atomic E-state index is 0.517. The monoisotopic (exact) mass is 230 g/mol. The highest BCUT2D eigenvalue weighted by atomic mass is 15.1. The van der Waals surface area contributed by atoms with Gasteiger partial charge in [-0.25, -0.2) is 0 Å². The third-order valence-corrected chi connectivity index (χ3v) is 4.16. The van der Waals surface area contributed by atoms with Crippen molar-refractivity contribution in [1.29, 1.82) is 0 Å². The van der Waals surface area contributed by atoms with Crippen molar-refractivity contribution in [3.63, 3.8) is 0 Å². The van der Waals surface area contributed by atoms with Gasteiger partial charge in [0.25, 0.3) is 0 Å².